The average molecular weight is 276 g/mol. The van der Waals surface area contributed by atoms with Gasteiger partial charge in [0.15, 0.2) is 0 Å². The van der Waals surface area contributed by atoms with Crippen molar-refractivity contribution in [2.24, 2.45) is 0 Å². The molecule has 0 aliphatic heterocycles. The molecule has 0 aromatic carbocycles. The molecule has 0 aliphatic rings. The first-order valence-corrected chi connectivity index (χ1v) is 6.36. The molecule has 0 bridgehead atoms. The maximum absolute atomic E-state index is 12.6. The zero-order valence-electron chi connectivity index (χ0n) is 10.6. The summed E-state index contributed by atoms with van der Waals surface area (Å²) in [5, 5.41) is 8.88. The second-order valence-electron chi connectivity index (χ2n) is 4.55. The smallest absolute Gasteiger partial charge is 0.386 e. The van der Waals surface area contributed by atoms with Crippen LogP contribution in [0.5, 0.6) is 0 Å². The lowest BCUT2D eigenvalue weighted by Gasteiger charge is -2.24. The summed E-state index contributed by atoms with van der Waals surface area (Å²) in [4.78, 5) is 0. The van der Waals surface area contributed by atoms with E-state index in [-0.39, 0.29) is 6.42 Å². The summed E-state index contributed by atoms with van der Waals surface area (Å²) in [6, 6.07) is 0. The van der Waals surface area contributed by atoms with Crippen molar-refractivity contribution in [2.75, 3.05) is 0 Å². The third-order valence-electron chi connectivity index (χ3n) is 2.88. The first-order chi connectivity index (χ1) is 8.23. The van der Waals surface area contributed by atoms with Gasteiger partial charge in [0.25, 0.3) is 0 Å². The van der Waals surface area contributed by atoms with Gasteiger partial charge in [0.1, 0.15) is 6.10 Å². The number of halogens is 5. The van der Waals surface area contributed by atoms with Crippen molar-refractivity contribution < 1.29 is 27.1 Å². The van der Waals surface area contributed by atoms with Gasteiger partial charge >= 0.3 is 12.1 Å². The van der Waals surface area contributed by atoms with E-state index in [1.54, 1.807) is 0 Å². The van der Waals surface area contributed by atoms with Gasteiger partial charge in [0.2, 0.25) is 0 Å². The predicted molar refractivity (Wildman–Crippen MR) is 59.6 cm³/mol. The van der Waals surface area contributed by atoms with Crippen LogP contribution in [0.25, 0.3) is 0 Å². The molecule has 0 aromatic rings. The molecule has 0 fully saturated rings. The van der Waals surface area contributed by atoms with Crippen molar-refractivity contribution in [1.29, 1.82) is 0 Å². The van der Waals surface area contributed by atoms with Gasteiger partial charge in [-0.25, -0.2) is 0 Å². The van der Waals surface area contributed by atoms with E-state index >= 15 is 0 Å². The van der Waals surface area contributed by atoms with Gasteiger partial charge in [-0.05, 0) is 6.42 Å². The van der Waals surface area contributed by atoms with Crippen molar-refractivity contribution in [1.82, 2.24) is 0 Å². The summed E-state index contributed by atoms with van der Waals surface area (Å²) in [6.45, 7) is 2.07. The summed E-state index contributed by atoms with van der Waals surface area (Å²) < 4.78 is 60.9. The van der Waals surface area contributed by atoms with Gasteiger partial charge in [0.05, 0.1) is 0 Å². The average Bonchev–Trinajstić information content (AvgIpc) is 2.26. The molecule has 0 rings (SSSR count). The number of alkyl halides is 5. The van der Waals surface area contributed by atoms with E-state index in [4.69, 9.17) is 5.11 Å². The Morgan fingerprint density at radius 1 is 0.833 bits per heavy atom. The summed E-state index contributed by atoms with van der Waals surface area (Å²) in [6.07, 6.45) is -3.03. The molecule has 1 nitrogen and oxygen atoms in total. The molecule has 110 valence electrons. The van der Waals surface area contributed by atoms with Crippen LogP contribution in [0.4, 0.5) is 22.0 Å². The largest absolute Gasteiger partial charge is 0.456 e. The van der Waals surface area contributed by atoms with Crippen LogP contribution in [-0.2, 0) is 0 Å². The molecule has 18 heavy (non-hydrogen) atoms. The molecule has 0 amide bonds. The fourth-order valence-electron chi connectivity index (χ4n) is 1.66. The Bertz CT molecular complexity index is 215. The highest BCUT2D eigenvalue weighted by molar-refractivity contribution is 4.83. The van der Waals surface area contributed by atoms with Crippen LogP contribution < -0.4 is 0 Å². The molecular weight excluding hydrogens is 255 g/mol. The molecule has 0 aromatic heterocycles. The van der Waals surface area contributed by atoms with Crippen molar-refractivity contribution in [2.45, 2.75) is 76.5 Å². The second kappa shape index (κ2) is 7.92. The van der Waals surface area contributed by atoms with E-state index in [2.05, 4.69) is 6.92 Å². The minimum atomic E-state index is -5.67. The van der Waals surface area contributed by atoms with Crippen LogP contribution in [0.15, 0.2) is 0 Å². The molecule has 1 atom stereocenters. The monoisotopic (exact) mass is 276 g/mol. The lowest BCUT2D eigenvalue weighted by molar-refractivity contribution is -0.313. The van der Waals surface area contributed by atoms with Crippen molar-refractivity contribution in [3.05, 3.63) is 0 Å². The molecule has 0 heterocycles. The highest BCUT2D eigenvalue weighted by atomic mass is 19.4. The van der Waals surface area contributed by atoms with E-state index in [0.717, 1.165) is 32.1 Å². The zero-order chi connectivity index (χ0) is 14.2. The maximum Gasteiger partial charge on any atom is 0.456 e. The summed E-state index contributed by atoms with van der Waals surface area (Å²) in [5.41, 5.74) is 0. The molecular formula is C12H21F5O. The van der Waals surface area contributed by atoms with Gasteiger partial charge in [-0.1, -0.05) is 51.9 Å². The Balaban J connectivity index is 3.74. The zero-order valence-corrected chi connectivity index (χ0v) is 10.6. The first-order valence-electron chi connectivity index (χ1n) is 6.36. The summed E-state index contributed by atoms with van der Waals surface area (Å²) in [7, 11) is 0. The number of rotatable bonds is 9. The minimum absolute atomic E-state index is 0.193. The fraction of sp³-hybridized carbons (Fsp3) is 1.00. The van der Waals surface area contributed by atoms with Crippen LogP contribution in [-0.4, -0.2) is 23.3 Å². The van der Waals surface area contributed by atoms with Crippen LogP contribution in [0.1, 0.15) is 58.3 Å². The van der Waals surface area contributed by atoms with Crippen LogP contribution in [0.2, 0.25) is 0 Å². The van der Waals surface area contributed by atoms with E-state index in [0.29, 0.717) is 6.42 Å². The molecule has 0 saturated carbocycles. The molecule has 6 heteroatoms. The third kappa shape index (κ3) is 5.98. The van der Waals surface area contributed by atoms with Crippen molar-refractivity contribution in [3.63, 3.8) is 0 Å². The highest BCUT2D eigenvalue weighted by Crippen LogP contribution is 2.39. The van der Waals surface area contributed by atoms with Gasteiger partial charge in [0, 0.05) is 0 Å². The summed E-state index contributed by atoms with van der Waals surface area (Å²) in [5.74, 6) is -5.00. The molecule has 0 radical (unpaired) electrons. The van der Waals surface area contributed by atoms with Gasteiger partial charge < -0.3 is 5.11 Å². The SMILES string of the molecule is CCCCCCCCC[C@@H](O)C(F)(F)C(F)(F)F. The standard InChI is InChI=1S/C12H21F5O/c1-2-3-4-5-6-7-8-9-10(18)11(13,14)12(15,16)17/h10,18H,2-9H2,1H3/t10-/m1/s1. The Labute approximate surface area is 104 Å². The number of hydrogen-bond donors (Lipinski definition) is 1. The topological polar surface area (TPSA) is 20.2 Å². The number of hydrogen-bond acceptors (Lipinski definition) is 1. The lowest BCUT2D eigenvalue weighted by atomic mass is 10.0. The van der Waals surface area contributed by atoms with Crippen molar-refractivity contribution >= 4 is 0 Å². The van der Waals surface area contributed by atoms with E-state index in [1.165, 1.54) is 0 Å². The second-order valence-corrected chi connectivity index (χ2v) is 4.55. The molecule has 0 unspecified atom stereocenters. The Morgan fingerprint density at radius 3 is 1.72 bits per heavy atom. The van der Waals surface area contributed by atoms with Gasteiger partial charge in [-0.2, -0.15) is 22.0 Å². The Kier molecular flexibility index (Phi) is 7.75. The highest BCUT2D eigenvalue weighted by Gasteiger charge is 2.61. The van der Waals surface area contributed by atoms with E-state index < -0.39 is 24.6 Å². The quantitative estimate of drug-likeness (QED) is 0.478. The van der Waals surface area contributed by atoms with Crippen LogP contribution in [0.3, 0.4) is 0 Å². The summed E-state index contributed by atoms with van der Waals surface area (Å²) >= 11 is 0. The predicted octanol–water partition coefficient (Wildman–Crippen LogP) is 4.69. The molecule has 0 saturated heterocycles. The van der Waals surface area contributed by atoms with Crippen LogP contribution >= 0.6 is 0 Å². The molecule has 0 spiro atoms. The van der Waals surface area contributed by atoms with Gasteiger partial charge in [-0.15, -0.1) is 0 Å². The Morgan fingerprint density at radius 2 is 1.28 bits per heavy atom. The normalized spacial score (nSPS) is 14.8. The number of unbranched alkanes of at least 4 members (excludes halogenated alkanes) is 6. The van der Waals surface area contributed by atoms with Crippen LogP contribution in [0, 0.1) is 0 Å². The first kappa shape index (κ1) is 17.6. The van der Waals surface area contributed by atoms with E-state index in [9.17, 15) is 22.0 Å². The van der Waals surface area contributed by atoms with E-state index in [1.807, 2.05) is 0 Å². The molecule has 1 N–H and O–H groups in total. The minimum Gasteiger partial charge on any atom is -0.386 e. The third-order valence-corrected chi connectivity index (χ3v) is 2.88. The molecule has 0 aliphatic carbocycles. The van der Waals surface area contributed by atoms with Gasteiger partial charge in [-0.3, -0.25) is 0 Å². The Hall–Kier alpha value is -0.390. The maximum atomic E-state index is 12.6. The van der Waals surface area contributed by atoms with Crippen molar-refractivity contribution in [3.8, 4) is 0 Å². The number of aliphatic hydroxyl groups is 1. The lowest BCUT2D eigenvalue weighted by Crippen LogP contribution is -2.46. The fourth-order valence-corrected chi connectivity index (χ4v) is 1.66. The number of aliphatic hydroxyl groups excluding tert-OH is 1.